The quantitative estimate of drug-likeness (QED) is 0.715. The zero-order chi connectivity index (χ0) is 18.1. The number of aryl methyl sites for hydroxylation is 2. The van der Waals surface area contributed by atoms with E-state index in [1.807, 2.05) is 47.0 Å². The third-order valence-corrected chi connectivity index (χ3v) is 4.55. The van der Waals surface area contributed by atoms with Gasteiger partial charge in [0.05, 0.1) is 6.20 Å². The largest absolute Gasteiger partial charge is 0.361 e. The number of nitrogens with zero attached hydrogens (tertiary/aromatic N) is 6. The van der Waals surface area contributed by atoms with Crippen LogP contribution in [-0.2, 0) is 0 Å². The van der Waals surface area contributed by atoms with Crippen molar-refractivity contribution in [1.29, 1.82) is 0 Å². The molecule has 0 aromatic carbocycles. The molecule has 1 fully saturated rings. The van der Waals surface area contributed by atoms with Crippen LogP contribution in [0.5, 0.6) is 0 Å². The van der Waals surface area contributed by atoms with E-state index in [0.29, 0.717) is 24.4 Å². The van der Waals surface area contributed by atoms with Crippen molar-refractivity contribution in [2.75, 3.05) is 31.1 Å². The number of rotatable bonds is 3. The Hall–Kier alpha value is -3.16. The van der Waals surface area contributed by atoms with Crippen molar-refractivity contribution in [2.45, 2.75) is 13.8 Å². The van der Waals surface area contributed by atoms with E-state index >= 15 is 0 Å². The van der Waals surface area contributed by atoms with Gasteiger partial charge < -0.3 is 18.9 Å². The first-order valence-corrected chi connectivity index (χ1v) is 8.56. The SMILES string of the molecule is Cc1nc(N2CCN(C(=O)c3cnoc3C)CC2)cc(-n2cccc2)n1. The molecule has 4 rings (SSSR count). The molecule has 1 aliphatic heterocycles. The van der Waals surface area contributed by atoms with E-state index in [9.17, 15) is 4.79 Å². The van der Waals surface area contributed by atoms with E-state index in [2.05, 4.69) is 20.0 Å². The molecule has 8 nitrogen and oxygen atoms in total. The maximum atomic E-state index is 12.6. The predicted octanol–water partition coefficient (Wildman–Crippen LogP) is 1.83. The number of carbonyl (C=O) groups excluding carboxylic acids is 1. The van der Waals surface area contributed by atoms with Gasteiger partial charge in [-0.1, -0.05) is 5.16 Å². The summed E-state index contributed by atoms with van der Waals surface area (Å²) in [6.45, 7) is 6.35. The Balaban J connectivity index is 1.48. The highest BCUT2D eigenvalue weighted by Gasteiger charge is 2.25. The fourth-order valence-corrected chi connectivity index (χ4v) is 3.13. The van der Waals surface area contributed by atoms with Crippen molar-refractivity contribution in [3.05, 3.63) is 53.9 Å². The van der Waals surface area contributed by atoms with E-state index in [-0.39, 0.29) is 5.91 Å². The summed E-state index contributed by atoms with van der Waals surface area (Å²) in [7, 11) is 0. The van der Waals surface area contributed by atoms with Crippen molar-refractivity contribution in [2.24, 2.45) is 0 Å². The zero-order valence-electron chi connectivity index (χ0n) is 14.8. The molecular weight excluding hydrogens is 332 g/mol. The van der Waals surface area contributed by atoms with Crippen molar-refractivity contribution in [3.63, 3.8) is 0 Å². The molecule has 0 unspecified atom stereocenters. The third kappa shape index (κ3) is 3.05. The van der Waals surface area contributed by atoms with E-state index in [0.717, 1.165) is 30.5 Å². The predicted molar refractivity (Wildman–Crippen MR) is 95.5 cm³/mol. The summed E-state index contributed by atoms with van der Waals surface area (Å²) in [5, 5.41) is 3.69. The smallest absolute Gasteiger partial charge is 0.259 e. The molecule has 0 radical (unpaired) electrons. The van der Waals surface area contributed by atoms with Gasteiger partial charge in [0.1, 0.15) is 28.8 Å². The lowest BCUT2D eigenvalue weighted by molar-refractivity contribution is 0.0744. The summed E-state index contributed by atoms with van der Waals surface area (Å²) in [4.78, 5) is 25.7. The number of carbonyl (C=O) groups is 1. The number of piperazine rings is 1. The lowest BCUT2D eigenvalue weighted by Gasteiger charge is -2.35. The number of anilines is 1. The average molecular weight is 352 g/mol. The molecule has 134 valence electrons. The number of aromatic nitrogens is 4. The number of hydrogen-bond donors (Lipinski definition) is 0. The molecule has 4 heterocycles. The Labute approximate surface area is 151 Å². The van der Waals surface area contributed by atoms with Crippen molar-refractivity contribution >= 4 is 11.7 Å². The van der Waals surface area contributed by atoms with Gasteiger partial charge in [-0.25, -0.2) is 9.97 Å². The summed E-state index contributed by atoms with van der Waals surface area (Å²) in [5.41, 5.74) is 0.534. The van der Waals surface area contributed by atoms with Gasteiger partial charge in [0.25, 0.3) is 5.91 Å². The Morgan fingerprint density at radius 1 is 1.04 bits per heavy atom. The number of amides is 1. The van der Waals surface area contributed by atoms with Gasteiger partial charge in [0.15, 0.2) is 0 Å². The van der Waals surface area contributed by atoms with Gasteiger partial charge >= 0.3 is 0 Å². The molecule has 8 heteroatoms. The molecule has 0 bridgehead atoms. The molecule has 0 aliphatic carbocycles. The van der Waals surface area contributed by atoms with Crippen LogP contribution >= 0.6 is 0 Å². The summed E-state index contributed by atoms with van der Waals surface area (Å²) in [5.74, 6) is 2.98. The van der Waals surface area contributed by atoms with E-state index < -0.39 is 0 Å². The molecule has 0 atom stereocenters. The summed E-state index contributed by atoms with van der Waals surface area (Å²) >= 11 is 0. The van der Waals surface area contributed by atoms with E-state index in [1.165, 1.54) is 6.20 Å². The molecule has 1 aliphatic rings. The highest BCUT2D eigenvalue weighted by atomic mass is 16.5. The van der Waals surface area contributed by atoms with Crippen LogP contribution in [0.25, 0.3) is 5.82 Å². The maximum Gasteiger partial charge on any atom is 0.259 e. The first-order chi connectivity index (χ1) is 12.6. The van der Waals surface area contributed by atoms with Gasteiger partial charge in [0.2, 0.25) is 0 Å². The molecule has 26 heavy (non-hydrogen) atoms. The van der Waals surface area contributed by atoms with Crippen LogP contribution in [0.4, 0.5) is 5.82 Å². The topological polar surface area (TPSA) is 80.3 Å². The van der Waals surface area contributed by atoms with Crippen LogP contribution in [0.2, 0.25) is 0 Å². The highest BCUT2D eigenvalue weighted by molar-refractivity contribution is 5.94. The van der Waals surface area contributed by atoms with Crippen molar-refractivity contribution in [1.82, 2.24) is 24.6 Å². The van der Waals surface area contributed by atoms with Crippen LogP contribution in [0, 0.1) is 13.8 Å². The van der Waals surface area contributed by atoms with Crippen LogP contribution in [0.1, 0.15) is 21.9 Å². The lowest BCUT2D eigenvalue weighted by atomic mass is 10.2. The van der Waals surface area contributed by atoms with Gasteiger partial charge in [-0.3, -0.25) is 4.79 Å². The van der Waals surface area contributed by atoms with E-state index in [4.69, 9.17) is 4.52 Å². The van der Waals surface area contributed by atoms with E-state index in [1.54, 1.807) is 6.92 Å². The minimum absolute atomic E-state index is 0.0321. The molecular formula is C18H20N6O2. The third-order valence-electron chi connectivity index (χ3n) is 4.55. The molecule has 3 aromatic heterocycles. The second-order valence-electron chi connectivity index (χ2n) is 6.30. The molecule has 3 aromatic rings. The Bertz CT molecular complexity index is 910. The van der Waals surface area contributed by atoms with Gasteiger partial charge in [-0.05, 0) is 26.0 Å². The fourth-order valence-electron chi connectivity index (χ4n) is 3.13. The fraction of sp³-hybridized carbons (Fsp3) is 0.333. The first-order valence-electron chi connectivity index (χ1n) is 8.56. The Kier molecular flexibility index (Phi) is 4.16. The molecule has 0 N–H and O–H groups in total. The van der Waals surface area contributed by atoms with Crippen LogP contribution < -0.4 is 4.90 Å². The highest BCUT2D eigenvalue weighted by Crippen LogP contribution is 2.19. The summed E-state index contributed by atoms with van der Waals surface area (Å²) in [6.07, 6.45) is 5.41. The minimum Gasteiger partial charge on any atom is -0.361 e. The second kappa shape index (κ2) is 6.62. The zero-order valence-corrected chi connectivity index (χ0v) is 14.8. The summed E-state index contributed by atoms with van der Waals surface area (Å²) < 4.78 is 6.97. The van der Waals surface area contributed by atoms with Crippen LogP contribution in [0.3, 0.4) is 0 Å². The second-order valence-corrected chi connectivity index (χ2v) is 6.30. The van der Waals surface area contributed by atoms with Crippen LogP contribution in [0.15, 0.2) is 41.3 Å². The van der Waals surface area contributed by atoms with Crippen LogP contribution in [-0.4, -0.2) is 56.7 Å². The lowest BCUT2D eigenvalue weighted by Crippen LogP contribution is -2.49. The Morgan fingerprint density at radius 2 is 1.73 bits per heavy atom. The molecule has 1 amide bonds. The monoisotopic (exact) mass is 352 g/mol. The van der Waals surface area contributed by atoms with Gasteiger partial charge in [0, 0.05) is 44.6 Å². The van der Waals surface area contributed by atoms with Crippen molar-refractivity contribution < 1.29 is 9.32 Å². The minimum atomic E-state index is -0.0321. The summed E-state index contributed by atoms with van der Waals surface area (Å²) in [6, 6.07) is 5.91. The normalized spacial score (nSPS) is 14.7. The average Bonchev–Trinajstić information content (AvgIpc) is 3.32. The standard InChI is InChI=1S/C18H20N6O2/c1-13-15(12-19-26-13)18(25)24-9-7-23(8-10-24)17-11-16(20-14(2)21-17)22-5-3-4-6-22/h3-6,11-12H,7-10H2,1-2H3. The molecule has 0 saturated carbocycles. The molecule has 1 saturated heterocycles. The maximum absolute atomic E-state index is 12.6. The Morgan fingerprint density at radius 3 is 2.38 bits per heavy atom. The van der Waals surface area contributed by atoms with Crippen molar-refractivity contribution in [3.8, 4) is 5.82 Å². The first kappa shape index (κ1) is 16.3. The number of hydrogen-bond acceptors (Lipinski definition) is 6. The van der Waals surface area contributed by atoms with Gasteiger partial charge in [-0.2, -0.15) is 0 Å². The van der Waals surface area contributed by atoms with Gasteiger partial charge in [-0.15, -0.1) is 0 Å². The molecule has 0 spiro atoms.